The van der Waals surface area contributed by atoms with Crippen LogP contribution in [-0.4, -0.2) is 32.6 Å². The van der Waals surface area contributed by atoms with E-state index in [1.165, 1.54) is 6.20 Å². The fourth-order valence-corrected chi connectivity index (χ4v) is 2.48. The molecule has 132 valence electrons. The summed E-state index contributed by atoms with van der Waals surface area (Å²) >= 11 is 0. The minimum Gasteiger partial charge on any atom is -0.475 e. The Balaban J connectivity index is 1.64. The highest BCUT2D eigenvalue weighted by Gasteiger charge is 2.23. The molecule has 0 aliphatic rings. The lowest BCUT2D eigenvalue weighted by atomic mass is 10.1. The van der Waals surface area contributed by atoms with Gasteiger partial charge in [0.25, 0.3) is 5.91 Å². The highest BCUT2D eigenvalue weighted by Crippen LogP contribution is 2.15. The Labute approximate surface area is 151 Å². The maximum Gasteiger partial charge on any atom is 0.253 e. The second-order valence-corrected chi connectivity index (χ2v) is 6.69. The number of nitrogens with zero attached hydrogens (tertiary/aromatic N) is 4. The predicted octanol–water partition coefficient (Wildman–Crippen LogP) is 2.43. The maximum absolute atomic E-state index is 12.5. The number of amides is 1. The zero-order chi connectivity index (χ0) is 18.7. The molecule has 0 unspecified atom stereocenters. The number of pyridine rings is 2. The van der Waals surface area contributed by atoms with Crippen molar-refractivity contribution in [1.82, 2.24) is 19.9 Å². The van der Waals surface area contributed by atoms with Crippen molar-refractivity contribution in [2.75, 3.05) is 6.61 Å². The quantitative estimate of drug-likeness (QED) is 0.763. The van der Waals surface area contributed by atoms with Crippen molar-refractivity contribution in [2.45, 2.75) is 19.4 Å². The summed E-state index contributed by atoms with van der Waals surface area (Å²) in [6, 6.07) is 9.00. The van der Waals surface area contributed by atoms with E-state index in [0.717, 1.165) is 11.0 Å². The molecule has 0 bridgehead atoms. The van der Waals surface area contributed by atoms with Crippen molar-refractivity contribution < 1.29 is 9.53 Å². The molecule has 0 aromatic carbocycles. The van der Waals surface area contributed by atoms with Crippen LogP contribution in [0.2, 0.25) is 0 Å². The van der Waals surface area contributed by atoms with Crippen LogP contribution in [-0.2, 0) is 7.05 Å². The van der Waals surface area contributed by atoms with Crippen molar-refractivity contribution in [3.05, 3.63) is 54.0 Å². The third kappa shape index (κ3) is 3.81. The van der Waals surface area contributed by atoms with Crippen molar-refractivity contribution >= 4 is 16.9 Å². The van der Waals surface area contributed by atoms with Gasteiger partial charge in [-0.2, -0.15) is 5.26 Å². The van der Waals surface area contributed by atoms with E-state index in [2.05, 4.69) is 15.3 Å². The molecule has 3 rings (SSSR count). The Hall–Kier alpha value is -3.40. The Morgan fingerprint density at radius 2 is 2.12 bits per heavy atom. The average Bonchev–Trinajstić information content (AvgIpc) is 3.00. The summed E-state index contributed by atoms with van der Waals surface area (Å²) in [4.78, 5) is 20.9. The van der Waals surface area contributed by atoms with Crippen LogP contribution in [0.5, 0.6) is 5.88 Å². The lowest BCUT2D eigenvalue weighted by molar-refractivity contribution is 0.0878. The lowest BCUT2D eigenvalue weighted by Crippen LogP contribution is -2.47. The van der Waals surface area contributed by atoms with Gasteiger partial charge in [0.15, 0.2) is 0 Å². The van der Waals surface area contributed by atoms with Crippen molar-refractivity contribution in [2.24, 2.45) is 7.05 Å². The standard InChI is InChI=1S/C19H19N5O2/c1-19(2,12-26-16-5-4-13(9-20)10-21-16)23-18(25)15-8-14-6-7-24(3)17(14)22-11-15/h4-8,10-11H,12H2,1-3H3,(H,23,25). The largest absolute Gasteiger partial charge is 0.475 e. The summed E-state index contributed by atoms with van der Waals surface area (Å²) in [6.07, 6.45) is 4.92. The van der Waals surface area contributed by atoms with Gasteiger partial charge in [0.2, 0.25) is 5.88 Å². The number of aromatic nitrogens is 3. The molecular weight excluding hydrogens is 330 g/mol. The molecule has 1 N–H and O–H groups in total. The van der Waals surface area contributed by atoms with Crippen LogP contribution in [0.1, 0.15) is 29.8 Å². The van der Waals surface area contributed by atoms with Crippen LogP contribution in [0.3, 0.4) is 0 Å². The van der Waals surface area contributed by atoms with Gasteiger partial charge >= 0.3 is 0 Å². The first-order valence-corrected chi connectivity index (χ1v) is 8.10. The smallest absolute Gasteiger partial charge is 0.253 e. The minimum atomic E-state index is -0.613. The molecule has 3 heterocycles. The van der Waals surface area contributed by atoms with Crippen molar-refractivity contribution in [1.29, 1.82) is 5.26 Å². The van der Waals surface area contributed by atoms with Crippen LogP contribution in [0.25, 0.3) is 11.0 Å². The minimum absolute atomic E-state index is 0.218. The van der Waals surface area contributed by atoms with Crippen LogP contribution in [0.4, 0.5) is 0 Å². The van der Waals surface area contributed by atoms with Gasteiger partial charge < -0.3 is 14.6 Å². The van der Waals surface area contributed by atoms with Gasteiger partial charge in [-0.3, -0.25) is 4.79 Å². The second-order valence-electron chi connectivity index (χ2n) is 6.69. The predicted molar refractivity (Wildman–Crippen MR) is 96.7 cm³/mol. The van der Waals surface area contributed by atoms with Crippen LogP contribution in [0.15, 0.2) is 42.9 Å². The van der Waals surface area contributed by atoms with Gasteiger partial charge in [0.1, 0.15) is 18.3 Å². The van der Waals surface area contributed by atoms with E-state index in [9.17, 15) is 4.79 Å². The van der Waals surface area contributed by atoms with E-state index in [1.807, 2.05) is 49.9 Å². The van der Waals surface area contributed by atoms with Crippen molar-refractivity contribution in [3.8, 4) is 11.9 Å². The highest BCUT2D eigenvalue weighted by atomic mass is 16.5. The Bertz CT molecular complexity index is 983. The van der Waals surface area contributed by atoms with E-state index >= 15 is 0 Å². The summed E-state index contributed by atoms with van der Waals surface area (Å²) in [5.41, 5.74) is 1.18. The summed E-state index contributed by atoms with van der Waals surface area (Å²) in [5, 5.41) is 12.6. The van der Waals surface area contributed by atoms with E-state index in [-0.39, 0.29) is 12.5 Å². The van der Waals surface area contributed by atoms with E-state index in [0.29, 0.717) is 17.0 Å². The maximum atomic E-state index is 12.5. The zero-order valence-electron chi connectivity index (χ0n) is 14.9. The molecule has 0 spiro atoms. The summed E-state index contributed by atoms with van der Waals surface area (Å²) in [7, 11) is 1.91. The Morgan fingerprint density at radius 3 is 2.81 bits per heavy atom. The molecule has 0 radical (unpaired) electrons. The van der Waals surface area contributed by atoms with Gasteiger partial charge in [-0.15, -0.1) is 0 Å². The highest BCUT2D eigenvalue weighted by molar-refractivity contribution is 5.97. The molecule has 1 amide bonds. The molecule has 3 aromatic rings. The first kappa shape index (κ1) is 17.4. The molecule has 0 aliphatic carbocycles. The molecule has 26 heavy (non-hydrogen) atoms. The third-order valence-electron chi connectivity index (χ3n) is 3.87. The topological polar surface area (TPSA) is 92.8 Å². The van der Waals surface area contributed by atoms with Crippen molar-refractivity contribution in [3.63, 3.8) is 0 Å². The van der Waals surface area contributed by atoms with Gasteiger partial charge in [-0.05, 0) is 32.0 Å². The van der Waals surface area contributed by atoms with Crippen LogP contribution < -0.4 is 10.1 Å². The summed E-state index contributed by atoms with van der Waals surface area (Å²) in [5.74, 6) is 0.184. The molecule has 0 saturated carbocycles. The van der Waals surface area contributed by atoms with E-state index in [4.69, 9.17) is 10.00 Å². The number of carbonyl (C=O) groups excluding carboxylic acids is 1. The Morgan fingerprint density at radius 1 is 1.31 bits per heavy atom. The first-order chi connectivity index (χ1) is 12.4. The van der Waals surface area contributed by atoms with Gasteiger partial charge in [0.05, 0.1) is 16.7 Å². The Kier molecular flexibility index (Phi) is 4.59. The number of hydrogen-bond acceptors (Lipinski definition) is 5. The number of carbonyl (C=O) groups is 1. The van der Waals surface area contributed by atoms with E-state index in [1.54, 1.807) is 18.3 Å². The van der Waals surface area contributed by atoms with Gasteiger partial charge in [-0.1, -0.05) is 0 Å². The number of hydrogen-bond donors (Lipinski definition) is 1. The molecular formula is C19H19N5O2. The second kappa shape index (κ2) is 6.84. The average molecular weight is 349 g/mol. The molecule has 7 heteroatoms. The van der Waals surface area contributed by atoms with Crippen LogP contribution in [0, 0.1) is 11.3 Å². The zero-order valence-corrected chi connectivity index (χ0v) is 14.9. The number of nitrogens with one attached hydrogen (secondary N) is 1. The third-order valence-corrected chi connectivity index (χ3v) is 3.87. The SMILES string of the molecule is Cn1ccc2cc(C(=O)NC(C)(C)COc3ccc(C#N)cn3)cnc21. The normalized spacial score (nSPS) is 11.2. The lowest BCUT2D eigenvalue weighted by Gasteiger charge is -2.26. The van der Waals surface area contributed by atoms with Crippen LogP contribution >= 0.6 is 0 Å². The number of fused-ring (bicyclic) bond motifs is 1. The number of ether oxygens (including phenoxy) is 1. The van der Waals surface area contributed by atoms with Gasteiger partial charge in [0, 0.05) is 37.1 Å². The number of aryl methyl sites for hydroxylation is 1. The molecule has 0 aliphatic heterocycles. The molecule has 0 saturated heterocycles. The molecule has 0 fully saturated rings. The fourth-order valence-electron chi connectivity index (χ4n) is 2.48. The molecule has 0 atom stereocenters. The van der Waals surface area contributed by atoms with E-state index < -0.39 is 5.54 Å². The van der Waals surface area contributed by atoms with Gasteiger partial charge in [-0.25, -0.2) is 9.97 Å². The molecule has 3 aromatic heterocycles. The monoisotopic (exact) mass is 349 g/mol. The number of rotatable bonds is 5. The fraction of sp³-hybridized carbons (Fsp3) is 0.263. The summed E-state index contributed by atoms with van der Waals surface area (Å²) in [6.45, 7) is 3.96. The molecule has 7 nitrogen and oxygen atoms in total. The summed E-state index contributed by atoms with van der Waals surface area (Å²) < 4.78 is 7.53. The first-order valence-electron chi connectivity index (χ1n) is 8.10. The number of nitriles is 1.